The van der Waals surface area contributed by atoms with Crippen LogP contribution < -0.4 is 0 Å². The Bertz CT molecular complexity index is 526. The van der Waals surface area contributed by atoms with E-state index in [-0.39, 0.29) is 0 Å². The van der Waals surface area contributed by atoms with Crippen LogP contribution in [-0.4, -0.2) is 9.78 Å². The highest BCUT2D eigenvalue weighted by atomic mass is 35.5. The van der Waals surface area contributed by atoms with Gasteiger partial charge >= 0.3 is 0 Å². The van der Waals surface area contributed by atoms with E-state index in [1.54, 1.807) is 0 Å². The van der Waals surface area contributed by atoms with Crippen molar-refractivity contribution in [2.75, 3.05) is 0 Å². The Labute approximate surface area is 118 Å². The maximum atomic E-state index is 6.19. The molecule has 0 unspecified atom stereocenters. The molecule has 4 heteroatoms. The minimum absolute atomic E-state index is 0.627. The molecule has 0 spiro atoms. The molecule has 1 heterocycles. The molecule has 1 aromatic carbocycles. The first-order valence-corrected chi connectivity index (χ1v) is 6.89. The van der Waals surface area contributed by atoms with Gasteiger partial charge in [0.15, 0.2) is 0 Å². The molecule has 2 aromatic rings. The second-order valence-corrected chi connectivity index (χ2v) is 5.01. The summed E-state index contributed by atoms with van der Waals surface area (Å²) in [6, 6.07) is 7.72. The normalized spacial score (nSPS) is 10.9. The summed E-state index contributed by atoms with van der Waals surface area (Å²) in [5.74, 6) is 0. The van der Waals surface area contributed by atoms with Crippen LogP contribution in [0.1, 0.15) is 30.8 Å². The summed E-state index contributed by atoms with van der Waals surface area (Å²) in [6.45, 7) is 4.86. The van der Waals surface area contributed by atoms with Crippen LogP contribution in [0.4, 0.5) is 0 Å². The molecule has 0 bridgehead atoms. The van der Waals surface area contributed by atoms with E-state index in [2.05, 4.69) is 25.0 Å². The van der Waals surface area contributed by atoms with E-state index < -0.39 is 0 Å². The van der Waals surface area contributed by atoms with Crippen LogP contribution in [0.3, 0.4) is 0 Å². The lowest BCUT2D eigenvalue weighted by Crippen LogP contribution is -2.07. The van der Waals surface area contributed by atoms with Crippen LogP contribution in [0.5, 0.6) is 0 Å². The van der Waals surface area contributed by atoms with E-state index in [1.807, 2.05) is 22.9 Å². The van der Waals surface area contributed by atoms with Gasteiger partial charge in [0, 0.05) is 21.3 Å². The lowest BCUT2D eigenvalue weighted by atomic mass is 10.2. The first-order chi connectivity index (χ1) is 8.65. The van der Waals surface area contributed by atoms with Crippen molar-refractivity contribution in [2.24, 2.45) is 0 Å². The van der Waals surface area contributed by atoms with Crippen molar-refractivity contribution in [1.82, 2.24) is 9.78 Å². The fourth-order valence-corrected chi connectivity index (χ4v) is 2.46. The molecular weight excluding hydrogens is 267 g/mol. The number of rotatable bonds is 4. The Kier molecular flexibility index (Phi) is 4.31. The van der Waals surface area contributed by atoms with Crippen LogP contribution in [0, 0.1) is 0 Å². The average Bonchev–Trinajstić information content (AvgIpc) is 2.76. The van der Waals surface area contributed by atoms with Gasteiger partial charge in [-0.25, -0.2) is 0 Å². The molecule has 18 heavy (non-hydrogen) atoms. The number of benzene rings is 1. The van der Waals surface area contributed by atoms with Crippen LogP contribution in [0.25, 0.3) is 0 Å². The zero-order valence-electron chi connectivity index (χ0n) is 10.6. The number of nitrogens with zero attached hydrogens (tertiary/aromatic N) is 2. The largest absolute Gasteiger partial charge is 0.265 e. The minimum atomic E-state index is 0.627. The third-order valence-electron chi connectivity index (χ3n) is 3.01. The molecule has 0 atom stereocenters. The van der Waals surface area contributed by atoms with Gasteiger partial charge < -0.3 is 0 Å². The number of hydrogen-bond donors (Lipinski definition) is 0. The first-order valence-electron chi connectivity index (χ1n) is 6.14. The summed E-state index contributed by atoms with van der Waals surface area (Å²) in [4.78, 5) is 0. The zero-order chi connectivity index (χ0) is 13.1. The predicted octanol–water partition coefficient (Wildman–Crippen LogP) is 4.36. The molecule has 0 fully saturated rings. The maximum absolute atomic E-state index is 6.19. The lowest BCUT2D eigenvalue weighted by molar-refractivity contribution is 0.640. The fraction of sp³-hybridized carbons (Fsp3) is 0.357. The third kappa shape index (κ3) is 2.70. The molecule has 0 amide bonds. The van der Waals surface area contributed by atoms with Gasteiger partial charge in [-0.15, -0.1) is 0 Å². The highest BCUT2D eigenvalue weighted by Gasteiger charge is 2.10. The van der Waals surface area contributed by atoms with Crippen molar-refractivity contribution in [3.63, 3.8) is 0 Å². The second kappa shape index (κ2) is 5.77. The summed E-state index contributed by atoms with van der Waals surface area (Å²) >= 11 is 12.4. The quantitative estimate of drug-likeness (QED) is 0.815. The Morgan fingerprint density at radius 1 is 1.11 bits per heavy atom. The van der Waals surface area contributed by atoms with Crippen molar-refractivity contribution in [1.29, 1.82) is 0 Å². The number of halogens is 2. The Morgan fingerprint density at radius 2 is 1.78 bits per heavy atom. The molecule has 0 saturated carbocycles. The van der Waals surface area contributed by atoms with Crippen molar-refractivity contribution in [3.8, 4) is 0 Å². The molecular formula is C14H16Cl2N2. The second-order valence-electron chi connectivity index (χ2n) is 4.19. The van der Waals surface area contributed by atoms with E-state index in [1.165, 1.54) is 5.69 Å². The van der Waals surface area contributed by atoms with Crippen molar-refractivity contribution in [2.45, 2.75) is 33.2 Å². The van der Waals surface area contributed by atoms with E-state index in [4.69, 9.17) is 23.2 Å². The highest BCUT2D eigenvalue weighted by Crippen LogP contribution is 2.25. The standard InChI is InChI=1S/C14H16Cl2N2/c1-3-10-8-11(4-2)18(17-10)9-12-13(15)6-5-7-14(12)16/h5-8H,3-4,9H2,1-2H3. The fourth-order valence-electron chi connectivity index (χ4n) is 1.94. The SMILES string of the molecule is CCc1cc(CC)n(Cc2c(Cl)cccc2Cl)n1. The highest BCUT2D eigenvalue weighted by molar-refractivity contribution is 6.35. The van der Waals surface area contributed by atoms with Crippen LogP contribution in [0.2, 0.25) is 10.0 Å². The molecule has 0 radical (unpaired) electrons. The summed E-state index contributed by atoms with van der Waals surface area (Å²) in [6.07, 6.45) is 1.89. The van der Waals surface area contributed by atoms with Gasteiger partial charge in [-0.05, 0) is 31.0 Å². The molecule has 0 aliphatic rings. The molecule has 2 rings (SSSR count). The van der Waals surface area contributed by atoms with Gasteiger partial charge in [0.05, 0.1) is 12.2 Å². The van der Waals surface area contributed by atoms with Gasteiger partial charge in [-0.2, -0.15) is 5.10 Å². The molecule has 0 saturated heterocycles. The van der Waals surface area contributed by atoms with E-state index in [0.717, 1.165) is 24.1 Å². The van der Waals surface area contributed by atoms with Gasteiger partial charge in [-0.3, -0.25) is 4.68 Å². The summed E-state index contributed by atoms with van der Waals surface area (Å²) < 4.78 is 1.99. The molecule has 0 aliphatic carbocycles. The van der Waals surface area contributed by atoms with Crippen molar-refractivity contribution >= 4 is 23.2 Å². The number of aromatic nitrogens is 2. The van der Waals surface area contributed by atoms with E-state index in [0.29, 0.717) is 16.6 Å². The van der Waals surface area contributed by atoms with E-state index >= 15 is 0 Å². The van der Waals surface area contributed by atoms with Crippen LogP contribution >= 0.6 is 23.2 Å². The molecule has 96 valence electrons. The molecule has 0 N–H and O–H groups in total. The summed E-state index contributed by atoms with van der Waals surface area (Å²) in [7, 11) is 0. The van der Waals surface area contributed by atoms with Crippen molar-refractivity contribution < 1.29 is 0 Å². The zero-order valence-corrected chi connectivity index (χ0v) is 12.1. The van der Waals surface area contributed by atoms with E-state index in [9.17, 15) is 0 Å². The molecule has 1 aromatic heterocycles. The molecule has 2 nitrogen and oxygen atoms in total. The van der Waals surface area contributed by atoms with Crippen LogP contribution in [0.15, 0.2) is 24.3 Å². The van der Waals surface area contributed by atoms with Gasteiger partial charge in [-0.1, -0.05) is 43.1 Å². The van der Waals surface area contributed by atoms with Gasteiger partial charge in [0.25, 0.3) is 0 Å². The lowest BCUT2D eigenvalue weighted by Gasteiger charge is -2.09. The summed E-state index contributed by atoms with van der Waals surface area (Å²) in [5.41, 5.74) is 3.25. The number of hydrogen-bond acceptors (Lipinski definition) is 1. The molecule has 0 aliphatic heterocycles. The Morgan fingerprint density at radius 3 is 2.33 bits per heavy atom. The average molecular weight is 283 g/mol. The minimum Gasteiger partial charge on any atom is -0.265 e. The maximum Gasteiger partial charge on any atom is 0.0692 e. The number of aryl methyl sites for hydroxylation is 2. The third-order valence-corrected chi connectivity index (χ3v) is 3.72. The summed E-state index contributed by atoms with van der Waals surface area (Å²) in [5, 5.41) is 5.96. The monoisotopic (exact) mass is 282 g/mol. The smallest absolute Gasteiger partial charge is 0.0692 e. The van der Waals surface area contributed by atoms with Crippen molar-refractivity contribution in [3.05, 3.63) is 51.3 Å². The van der Waals surface area contributed by atoms with Gasteiger partial charge in [0.1, 0.15) is 0 Å². The Balaban J connectivity index is 2.36. The first kappa shape index (κ1) is 13.4. The van der Waals surface area contributed by atoms with Crippen LogP contribution in [-0.2, 0) is 19.4 Å². The van der Waals surface area contributed by atoms with Gasteiger partial charge in [0.2, 0.25) is 0 Å². The Hall–Kier alpha value is -0.990. The predicted molar refractivity (Wildman–Crippen MR) is 76.5 cm³/mol. The topological polar surface area (TPSA) is 17.8 Å².